The highest BCUT2D eigenvalue weighted by molar-refractivity contribution is 5.77. The second-order valence-corrected chi connectivity index (χ2v) is 8.76. The summed E-state index contributed by atoms with van der Waals surface area (Å²) in [5.74, 6) is 0.0215. The summed E-state index contributed by atoms with van der Waals surface area (Å²) in [6.45, 7) is 2.61. The molecule has 8 heteroatoms. The number of alkyl halides is 3. The molecule has 0 aliphatic carbocycles. The smallest absolute Gasteiger partial charge is 0.349 e. The summed E-state index contributed by atoms with van der Waals surface area (Å²) in [4.78, 5) is 14.7. The summed E-state index contributed by atoms with van der Waals surface area (Å²) < 4.78 is 41.8. The fourth-order valence-electron chi connectivity index (χ4n) is 5.08. The zero-order chi connectivity index (χ0) is 21.5. The van der Waals surface area contributed by atoms with Gasteiger partial charge in [-0.3, -0.25) is 14.4 Å². The Morgan fingerprint density at radius 2 is 2.10 bits per heavy atom. The number of aromatic nitrogens is 2. The lowest BCUT2D eigenvalue weighted by Gasteiger charge is -2.38. The number of hydrogen-bond acceptors (Lipinski definition) is 3. The van der Waals surface area contributed by atoms with Gasteiger partial charge in [0.15, 0.2) is 0 Å². The van der Waals surface area contributed by atoms with Gasteiger partial charge in [0, 0.05) is 43.9 Å². The summed E-state index contributed by atoms with van der Waals surface area (Å²) in [6.07, 6.45) is 3.06. The minimum atomic E-state index is -4.39. The Balaban J connectivity index is 1.73. The zero-order valence-electron chi connectivity index (χ0n) is 17.2. The lowest BCUT2D eigenvalue weighted by atomic mass is 9.85. The molecule has 2 aliphatic heterocycles. The minimum Gasteiger partial charge on any atom is -0.349 e. The van der Waals surface area contributed by atoms with Gasteiger partial charge in [0.05, 0.1) is 17.3 Å². The molecule has 2 fully saturated rings. The van der Waals surface area contributed by atoms with Crippen molar-refractivity contribution in [1.29, 1.82) is 0 Å². The van der Waals surface area contributed by atoms with E-state index in [-0.39, 0.29) is 18.0 Å². The van der Waals surface area contributed by atoms with E-state index in [0.29, 0.717) is 24.9 Å². The van der Waals surface area contributed by atoms with Crippen LogP contribution in [0.4, 0.5) is 13.2 Å². The average Bonchev–Trinajstić information content (AvgIpc) is 3.18. The summed E-state index contributed by atoms with van der Waals surface area (Å²) in [7, 11) is 1.85. The van der Waals surface area contributed by atoms with Crippen molar-refractivity contribution in [3.63, 3.8) is 0 Å². The monoisotopic (exact) mass is 420 g/mol. The third kappa shape index (κ3) is 4.10. The van der Waals surface area contributed by atoms with Crippen LogP contribution in [0.1, 0.15) is 61.8 Å². The Morgan fingerprint density at radius 3 is 2.80 bits per heavy atom. The molecule has 0 bridgehead atoms. The van der Waals surface area contributed by atoms with Gasteiger partial charge in [0.2, 0.25) is 5.91 Å². The summed E-state index contributed by atoms with van der Waals surface area (Å²) in [5, 5.41) is 7.44. The quantitative estimate of drug-likeness (QED) is 0.810. The van der Waals surface area contributed by atoms with Crippen LogP contribution in [-0.2, 0) is 24.6 Å². The minimum absolute atomic E-state index is 0.0215. The van der Waals surface area contributed by atoms with Gasteiger partial charge in [-0.1, -0.05) is 18.6 Å². The third-order valence-electron chi connectivity index (χ3n) is 6.43. The fraction of sp³-hybridized carbons (Fsp3) is 0.545. The van der Waals surface area contributed by atoms with E-state index in [1.807, 2.05) is 20.2 Å². The highest BCUT2D eigenvalue weighted by atomic mass is 19.4. The van der Waals surface area contributed by atoms with E-state index < -0.39 is 17.3 Å². The number of halogens is 3. The molecular weight excluding hydrogens is 393 g/mol. The van der Waals surface area contributed by atoms with E-state index >= 15 is 0 Å². The number of aryl methyl sites for hydroxylation is 1. The van der Waals surface area contributed by atoms with Gasteiger partial charge in [-0.15, -0.1) is 0 Å². The summed E-state index contributed by atoms with van der Waals surface area (Å²) in [6, 6.07) is 5.42. The van der Waals surface area contributed by atoms with E-state index in [0.717, 1.165) is 30.9 Å². The second kappa shape index (κ2) is 7.72. The van der Waals surface area contributed by atoms with Crippen LogP contribution in [0, 0.1) is 0 Å². The maximum absolute atomic E-state index is 13.3. The molecule has 2 aromatic rings. The van der Waals surface area contributed by atoms with Crippen LogP contribution in [0.3, 0.4) is 0 Å². The fourth-order valence-corrected chi connectivity index (χ4v) is 5.08. The molecule has 3 heterocycles. The molecule has 30 heavy (non-hydrogen) atoms. The summed E-state index contributed by atoms with van der Waals surface area (Å²) >= 11 is 0. The molecule has 1 amide bonds. The molecule has 0 saturated carbocycles. The number of fused-ring (bicyclic) bond motifs is 1. The van der Waals surface area contributed by atoms with Gasteiger partial charge in [0.1, 0.15) is 0 Å². The number of rotatable bonds is 3. The number of hydrogen-bond donors (Lipinski definition) is 1. The predicted octanol–water partition coefficient (Wildman–Crippen LogP) is 4.20. The maximum Gasteiger partial charge on any atom is 0.416 e. The molecule has 0 spiro atoms. The Bertz CT molecular complexity index is 925. The number of nitrogens with zero attached hydrogens (tertiary/aromatic N) is 3. The topological polar surface area (TPSA) is 50.2 Å². The molecule has 1 aromatic carbocycles. The van der Waals surface area contributed by atoms with Crippen LogP contribution < -0.4 is 5.32 Å². The molecule has 1 aromatic heterocycles. The van der Waals surface area contributed by atoms with E-state index in [2.05, 4.69) is 15.3 Å². The molecular formula is C22H27F3N4O. The van der Waals surface area contributed by atoms with Crippen molar-refractivity contribution in [2.24, 2.45) is 7.05 Å². The highest BCUT2D eigenvalue weighted by Crippen LogP contribution is 2.46. The zero-order valence-corrected chi connectivity index (χ0v) is 17.2. The van der Waals surface area contributed by atoms with Gasteiger partial charge < -0.3 is 5.32 Å². The number of carbonyl (C=O) groups excluding carboxylic acids is 1. The van der Waals surface area contributed by atoms with Gasteiger partial charge in [-0.05, 0) is 43.9 Å². The predicted molar refractivity (Wildman–Crippen MR) is 106 cm³/mol. The first-order chi connectivity index (χ1) is 14.2. The molecule has 3 atom stereocenters. The van der Waals surface area contributed by atoms with E-state index in [9.17, 15) is 18.0 Å². The number of carbonyl (C=O) groups is 1. The van der Waals surface area contributed by atoms with Gasteiger partial charge in [0.25, 0.3) is 0 Å². The van der Waals surface area contributed by atoms with Crippen molar-refractivity contribution in [3.8, 4) is 0 Å². The van der Waals surface area contributed by atoms with E-state index in [1.165, 1.54) is 12.1 Å². The van der Waals surface area contributed by atoms with Gasteiger partial charge >= 0.3 is 6.18 Å². The standard InChI is InChI=1S/C22H27F3N4O/c1-21-11-18(16-6-5-7-17(10-16)22(23,24)25)29(14-15-12-26-28(2)13-15)19(21)8-3-4-9-20(30)27-21/h5-7,10,12-13,18-19H,3-4,8-9,11,14H2,1-2H3,(H,27,30)/t18-,19-,21-/m0/s1. The normalized spacial score (nSPS) is 28.0. The number of nitrogens with one attached hydrogen (secondary N) is 1. The second-order valence-electron chi connectivity index (χ2n) is 8.76. The number of likely N-dealkylation sites (tertiary alicyclic amines) is 1. The van der Waals surface area contributed by atoms with Crippen LogP contribution in [-0.4, -0.2) is 32.2 Å². The Kier molecular flexibility index (Phi) is 5.38. The van der Waals surface area contributed by atoms with Crippen molar-refractivity contribution >= 4 is 5.91 Å². The van der Waals surface area contributed by atoms with Crippen molar-refractivity contribution in [1.82, 2.24) is 20.0 Å². The molecule has 0 unspecified atom stereocenters. The molecule has 2 aliphatic rings. The van der Waals surface area contributed by atoms with Gasteiger partial charge in [-0.25, -0.2) is 0 Å². The molecule has 1 N–H and O–H groups in total. The highest BCUT2D eigenvalue weighted by Gasteiger charge is 2.50. The summed E-state index contributed by atoms with van der Waals surface area (Å²) in [5.41, 5.74) is 0.515. The Morgan fingerprint density at radius 1 is 1.30 bits per heavy atom. The lowest BCUT2D eigenvalue weighted by molar-refractivity contribution is -0.137. The van der Waals surface area contributed by atoms with E-state index in [1.54, 1.807) is 16.9 Å². The van der Waals surface area contributed by atoms with E-state index in [4.69, 9.17) is 0 Å². The lowest BCUT2D eigenvalue weighted by Crippen LogP contribution is -2.55. The number of amides is 1. The van der Waals surface area contributed by atoms with Crippen molar-refractivity contribution in [3.05, 3.63) is 53.3 Å². The Labute approximate surface area is 174 Å². The van der Waals surface area contributed by atoms with Crippen molar-refractivity contribution < 1.29 is 18.0 Å². The number of benzene rings is 1. The molecule has 5 nitrogen and oxygen atoms in total. The molecule has 0 radical (unpaired) electrons. The van der Waals surface area contributed by atoms with Crippen LogP contribution in [0.25, 0.3) is 0 Å². The first-order valence-corrected chi connectivity index (χ1v) is 10.4. The van der Waals surface area contributed by atoms with Crippen molar-refractivity contribution in [2.75, 3.05) is 0 Å². The average molecular weight is 420 g/mol. The molecule has 4 rings (SSSR count). The van der Waals surface area contributed by atoms with Crippen LogP contribution in [0.5, 0.6) is 0 Å². The maximum atomic E-state index is 13.3. The Hall–Kier alpha value is -2.35. The van der Waals surface area contributed by atoms with Crippen LogP contribution in [0.2, 0.25) is 0 Å². The van der Waals surface area contributed by atoms with Crippen LogP contribution in [0.15, 0.2) is 36.7 Å². The molecule has 162 valence electrons. The van der Waals surface area contributed by atoms with Crippen molar-refractivity contribution in [2.45, 2.75) is 69.4 Å². The third-order valence-corrected chi connectivity index (χ3v) is 6.43. The first-order valence-electron chi connectivity index (χ1n) is 10.4. The molecule has 2 saturated heterocycles. The SMILES string of the molecule is Cn1cc(CN2[C@H]3CCCCC(=O)N[C@@]3(C)C[C@H]2c2cccc(C(F)(F)F)c2)cn1. The van der Waals surface area contributed by atoms with Crippen LogP contribution >= 0.6 is 0 Å². The largest absolute Gasteiger partial charge is 0.416 e. The first kappa shape index (κ1) is 20.9. The van der Waals surface area contributed by atoms with Gasteiger partial charge in [-0.2, -0.15) is 18.3 Å².